The van der Waals surface area contributed by atoms with E-state index in [2.05, 4.69) is 22.5 Å². The van der Waals surface area contributed by atoms with Gasteiger partial charge in [-0.2, -0.15) is 0 Å². The van der Waals surface area contributed by atoms with Gasteiger partial charge in [-0.1, -0.05) is 32.3 Å². The highest BCUT2D eigenvalue weighted by Crippen LogP contribution is 2.51. The third kappa shape index (κ3) is 5.98. The molecule has 1 aliphatic heterocycles. The maximum atomic E-state index is 13.3. The molecule has 3 atom stereocenters. The van der Waals surface area contributed by atoms with Crippen LogP contribution < -0.4 is 10.6 Å². The van der Waals surface area contributed by atoms with Gasteiger partial charge in [0.2, 0.25) is 11.8 Å². The molecule has 0 radical (unpaired) electrons. The summed E-state index contributed by atoms with van der Waals surface area (Å²) in [5.41, 5.74) is 1.93. The van der Waals surface area contributed by atoms with E-state index in [1.807, 2.05) is 12.1 Å². The van der Waals surface area contributed by atoms with Crippen molar-refractivity contribution in [2.75, 3.05) is 39.4 Å². The Hall–Kier alpha value is -2.94. The normalized spacial score (nSPS) is 25.6. The lowest BCUT2D eigenvalue weighted by molar-refractivity contribution is -0.136. The van der Waals surface area contributed by atoms with E-state index in [4.69, 9.17) is 4.74 Å². The van der Waals surface area contributed by atoms with E-state index in [1.54, 1.807) is 21.6 Å². The Kier molecular flexibility index (Phi) is 7.79. The summed E-state index contributed by atoms with van der Waals surface area (Å²) in [6.07, 6.45) is 10.6. The van der Waals surface area contributed by atoms with Gasteiger partial charge in [0, 0.05) is 25.8 Å². The first-order valence-electron chi connectivity index (χ1n) is 13.8. The van der Waals surface area contributed by atoms with Crippen LogP contribution in [0.3, 0.4) is 0 Å². The van der Waals surface area contributed by atoms with E-state index < -0.39 is 0 Å². The van der Waals surface area contributed by atoms with Crippen LogP contribution in [0.5, 0.6) is 0 Å². The van der Waals surface area contributed by atoms with Gasteiger partial charge in [-0.05, 0) is 55.1 Å². The molecule has 3 unspecified atom stereocenters. The molecule has 0 spiro atoms. The van der Waals surface area contributed by atoms with Crippen molar-refractivity contribution in [2.45, 2.75) is 58.3 Å². The second-order valence-electron chi connectivity index (χ2n) is 11.2. The number of nitrogens with one attached hydrogen (secondary N) is 2. The molecule has 1 saturated heterocycles. The second-order valence-corrected chi connectivity index (χ2v) is 11.2. The molecule has 2 aromatic rings. The highest BCUT2D eigenvalue weighted by Gasteiger charge is 2.42. The fourth-order valence-corrected chi connectivity index (χ4v) is 6.70. The molecule has 37 heavy (non-hydrogen) atoms. The van der Waals surface area contributed by atoms with Gasteiger partial charge < -0.3 is 20.3 Å². The minimum atomic E-state index is -0.273. The van der Waals surface area contributed by atoms with Crippen molar-refractivity contribution >= 4 is 23.4 Å². The van der Waals surface area contributed by atoms with Crippen molar-refractivity contribution in [1.29, 1.82) is 0 Å². The van der Waals surface area contributed by atoms with E-state index in [9.17, 15) is 14.4 Å². The molecule has 9 nitrogen and oxygen atoms in total. The van der Waals surface area contributed by atoms with Gasteiger partial charge in [-0.3, -0.25) is 18.8 Å². The average molecular weight is 510 g/mol. The highest BCUT2D eigenvalue weighted by molar-refractivity contribution is 5.93. The SMILES string of the molecule is CCC1CC2CCCC(CNC(=O)c3cccc4nc(CC(=O)NCC(=O)N5CCOCC5)cn34)(C1)C2. The molecule has 200 valence electrons. The summed E-state index contributed by atoms with van der Waals surface area (Å²) in [6, 6.07) is 5.45. The second kappa shape index (κ2) is 11.2. The first-order valence-corrected chi connectivity index (χ1v) is 13.8. The van der Waals surface area contributed by atoms with Crippen LogP contribution in [0, 0.1) is 17.3 Å². The molecule has 2 bridgehead atoms. The number of carbonyl (C=O) groups excluding carboxylic acids is 3. The summed E-state index contributed by atoms with van der Waals surface area (Å²) in [4.78, 5) is 44.3. The number of pyridine rings is 1. The van der Waals surface area contributed by atoms with E-state index in [1.165, 1.54) is 44.9 Å². The van der Waals surface area contributed by atoms with Crippen LogP contribution in [-0.2, 0) is 20.7 Å². The van der Waals surface area contributed by atoms with E-state index in [0.717, 1.165) is 18.4 Å². The number of amides is 3. The van der Waals surface area contributed by atoms with Gasteiger partial charge in [-0.15, -0.1) is 0 Å². The third-order valence-corrected chi connectivity index (χ3v) is 8.55. The lowest BCUT2D eigenvalue weighted by Crippen LogP contribution is -2.45. The monoisotopic (exact) mass is 509 g/mol. The molecule has 2 saturated carbocycles. The van der Waals surface area contributed by atoms with Crippen LogP contribution in [0.4, 0.5) is 0 Å². The van der Waals surface area contributed by atoms with Crippen LogP contribution in [0.15, 0.2) is 24.4 Å². The molecule has 2 N–H and O–H groups in total. The van der Waals surface area contributed by atoms with E-state index in [-0.39, 0.29) is 36.1 Å². The molecule has 3 aliphatic rings. The smallest absolute Gasteiger partial charge is 0.268 e. The number of hydrogen-bond acceptors (Lipinski definition) is 5. The molecule has 2 aromatic heterocycles. The number of imidazole rings is 1. The van der Waals surface area contributed by atoms with Gasteiger partial charge in [0.05, 0.1) is 31.9 Å². The summed E-state index contributed by atoms with van der Waals surface area (Å²) in [5, 5.41) is 5.94. The molecular formula is C28H39N5O4. The predicted octanol–water partition coefficient (Wildman–Crippen LogP) is 2.58. The Morgan fingerprint density at radius 1 is 1.16 bits per heavy atom. The molecule has 2 aliphatic carbocycles. The number of carbonyl (C=O) groups is 3. The Bertz CT molecular complexity index is 1140. The number of fused-ring (bicyclic) bond motifs is 3. The minimum absolute atomic E-state index is 0.0403. The lowest BCUT2D eigenvalue weighted by atomic mass is 9.58. The summed E-state index contributed by atoms with van der Waals surface area (Å²) >= 11 is 0. The van der Waals surface area contributed by atoms with Crippen molar-refractivity contribution in [3.05, 3.63) is 35.8 Å². The Labute approximate surface area is 218 Å². The van der Waals surface area contributed by atoms with Gasteiger partial charge in [-0.25, -0.2) is 4.98 Å². The molecule has 3 amide bonds. The number of ether oxygens (including phenoxy) is 1. The molecule has 0 aromatic carbocycles. The molecule has 5 rings (SSSR count). The maximum Gasteiger partial charge on any atom is 0.268 e. The molecular weight excluding hydrogens is 470 g/mol. The van der Waals surface area contributed by atoms with Crippen LogP contribution in [0.2, 0.25) is 0 Å². The summed E-state index contributed by atoms with van der Waals surface area (Å²) in [5.74, 6) is 1.08. The summed E-state index contributed by atoms with van der Waals surface area (Å²) in [6.45, 7) is 5.12. The highest BCUT2D eigenvalue weighted by atomic mass is 16.5. The predicted molar refractivity (Wildman–Crippen MR) is 139 cm³/mol. The summed E-state index contributed by atoms with van der Waals surface area (Å²) in [7, 11) is 0. The summed E-state index contributed by atoms with van der Waals surface area (Å²) < 4.78 is 7.02. The van der Waals surface area contributed by atoms with Gasteiger partial charge in [0.25, 0.3) is 5.91 Å². The number of hydrogen-bond donors (Lipinski definition) is 2. The number of morpholine rings is 1. The van der Waals surface area contributed by atoms with Crippen LogP contribution in [0.1, 0.15) is 68.1 Å². The van der Waals surface area contributed by atoms with Gasteiger partial charge in [0.1, 0.15) is 11.3 Å². The van der Waals surface area contributed by atoms with E-state index >= 15 is 0 Å². The zero-order valence-electron chi connectivity index (χ0n) is 21.8. The Balaban J connectivity index is 1.19. The van der Waals surface area contributed by atoms with Crippen molar-refractivity contribution in [3.8, 4) is 0 Å². The Morgan fingerprint density at radius 2 is 2.00 bits per heavy atom. The average Bonchev–Trinajstić information content (AvgIpc) is 3.33. The number of aromatic nitrogens is 2. The van der Waals surface area contributed by atoms with Crippen LogP contribution in [-0.4, -0.2) is 71.4 Å². The fraction of sp³-hybridized carbons (Fsp3) is 0.643. The molecule has 9 heteroatoms. The van der Waals surface area contributed by atoms with Crippen molar-refractivity contribution in [1.82, 2.24) is 24.9 Å². The van der Waals surface area contributed by atoms with Crippen LogP contribution >= 0.6 is 0 Å². The third-order valence-electron chi connectivity index (χ3n) is 8.55. The zero-order chi connectivity index (χ0) is 25.8. The fourth-order valence-electron chi connectivity index (χ4n) is 6.70. The van der Waals surface area contributed by atoms with Crippen molar-refractivity contribution < 1.29 is 19.1 Å². The number of nitrogens with zero attached hydrogens (tertiary/aromatic N) is 3. The number of rotatable bonds is 8. The van der Waals surface area contributed by atoms with E-state index in [0.29, 0.717) is 43.3 Å². The maximum absolute atomic E-state index is 13.3. The lowest BCUT2D eigenvalue weighted by Gasteiger charge is -2.48. The molecule has 3 fully saturated rings. The first-order chi connectivity index (χ1) is 17.9. The molecule has 3 heterocycles. The van der Waals surface area contributed by atoms with Crippen molar-refractivity contribution in [3.63, 3.8) is 0 Å². The topological polar surface area (TPSA) is 105 Å². The zero-order valence-corrected chi connectivity index (χ0v) is 21.8. The largest absolute Gasteiger partial charge is 0.378 e. The standard InChI is InChI=1S/C28H39N5O4/c1-2-20-13-21-5-4-8-28(15-20,16-21)19-30-27(36)23-6-3-7-24-31-22(18-33(23)24)14-25(34)29-17-26(35)32-9-11-37-12-10-32/h3,6-7,18,20-21H,2,4-5,8-17,19H2,1H3,(H,29,34)(H,30,36). The van der Waals surface area contributed by atoms with Gasteiger partial charge in [0.15, 0.2) is 0 Å². The van der Waals surface area contributed by atoms with Crippen molar-refractivity contribution in [2.24, 2.45) is 17.3 Å². The quantitative estimate of drug-likeness (QED) is 0.569. The van der Waals surface area contributed by atoms with Crippen LogP contribution in [0.25, 0.3) is 5.65 Å². The first kappa shape index (κ1) is 25.7. The van der Waals surface area contributed by atoms with Gasteiger partial charge >= 0.3 is 0 Å². The minimum Gasteiger partial charge on any atom is -0.378 e. The Morgan fingerprint density at radius 3 is 2.81 bits per heavy atom.